The van der Waals surface area contributed by atoms with Gasteiger partial charge in [-0.1, -0.05) is 12.1 Å². The quantitative estimate of drug-likeness (QED) is 0.681. The van der Waals surface area contributed by atoms with Crippen LogP contribution in [0.15, 0.2) is 41.3 Å². The Kier molecular flexibility index (Phi) is 5.72. The van der Waals surface area contributed by atoms with Crippen molar-refractivity contribution in [1.29, 1.82) is 0 Å². The van der Waals surface area contributed by atoms with Gasteiger partial charge in [0.2, 0.25) is 12.7 Å². The first-order chi connectivity index (χ1) is 15.0. The highest BCUT2D eigenvalue weighted by Crippen LogP contribution is 2.37. The number of imide groups is 1. The summed E-state index contributed by atoms with van der Waals surface area (Å²) in [5.41, 5.74) is 1.05. The smallest absolute Gasteiger partial charge is 0.294 e. The number of ether oxygens (including phenoxy) is 4. The molecule has 0 aliphatic carbocycles. The molecule has 0 spiro atoms. The van der Waals surface area contributed by atoms with Gasteiger partial charge in [0.25, 0.3) is 11.1 Å². The summed E-state index contributed by atoms with van der Waals surface area (Å²) >= 11 is 0.759. The predicted molar refractivity (Wildman–Crippen MR) is 113 cm³/mol. The Morgan fingerprint density at radius 1 is 1.16 bits per heavy atom. The van der Waals surface area contributed by atoms with Gasteiger partial charge in [-0.25, -0.2) is 0 Å². The zero-order valence-electron chi connectivity index (χ0n) is 16.7. The van der Waals surface area contributed by atoms with Crippen molar-refractivity contribution >= 4 is 40.6 Å². The third-order valence-corrected chi connectivity index (χ3v) is 5.46. The number of hydrogen-bond acceptors (Lipinski definition) is 8. The highest BCUT2D eigenvalue weighted by atomic mass is 32.2. The molecule has 0 saturated carbocycles. The molecule has 0 atom stereocenters. The minimum atomic E-state index is -0.555. The molecule has 2 aromatic carbocycles. The van der Waals surface area contributed by atoms with Crippen LogP contribution >= 0.6 is 11.8 Å². The first-order valence-electron chi connectivity index (χ1n) is 9.16. The molecule has 2 heterocycles. The fourth-order valence-corrected chi connectivity index (χ4v) is 3.95. The van der Waals surface area contributed by atoms with Crippen molar-refractivity contribution in [2.24, 2.45) is 0 Å². The lowest BCUT2D eigenvalue weighted by Crippen LogP contribution is -2.36. The number of nitrogens with one attached hydrogen (secondary N) is 1. The molecule has 1 fully saturated rings. The number of carbonyl (C=O) groups is 3. The van der Waals surface area contributed by atoms with Crippen LogP contribution in [0.2, 0.25) is 0 Å². The number of rotatable bonds is 6. The molecule has 0 bridgehead atoms. The SMILES string of the molecule is COc1cccc(/C=C2/SC(=O)N(CC(=O)Nc3ccc4c(c3)OCO4)C2=O)c1OC. The van der Waals surface area contributed by atoms with Crippen molar-refractivity contribution in [2.45, 2.75) is 0 Å². The van der Waals surface area contributed by atoms with Gasteiger partial charge in [-0.3, -0.25) is 19.3 Å². The largest absolute Gasteiger partial charge is 0.493 e. The number of amides is 3. The zero-order valence-corrected chi connectivity index (χ0v) is 17.5. The normalized spacial score (nSPS) is 16.1. The number of hydrogen-bond donors (Lipinski definition) is 1. The number of carbonyl (C=O) groups excluding carboxylic acids is 3. The molecular formula is C21H18N2O7S. The van der Waals surface area contributed by atoms with E-state index in [-0.39, 0.29) is 11.7 Å². The van der Waals surface area contributed by atoms with E-state index in [0.29, 0.717) is 34.2 Å². The molecule has 0 aromatic heterocycles. The van der Waals surface area contributed by atoms with E-state index in [4.69, 9.17) is 18.9 Å². The summed E-state index contributed by atoms with van der Waals surface area (Å²) in [5, 5.41) is 2.12. The van der Waals surface area contributed by atoms with Crippen LogP contribution in [0.4, 0.5) is 10.5 Å². The first-order valence-corrected chi connectivity index (χ1v) is 9.97. The van der Waals surface area contributed by atoms with Gasteiger partial charge in [0.1, 0.15) is 6.54 Å². The number of nitrogens with zero attached hydrogens (tertiary/aromatic N) is 1. The monoisotopic (exact) mass is 442 g/mol. The lowest BCUT2D eigenvalue weighted by atomic mass is 10.1. The summed E-state index contributed by atoms with van der Waals surface area (Å²) in [6.07, 6.45) is 1.54. The fourth-order valence-electron chi connectivity index (χ4n) is 3.12. The Labute approximate surface area is 181 Å². The molecule has 160 valence electrons. The fraction of sp³-hybridized carbons (Fsp3) is 0.190. The Morgan fingerprint density at radius 3 is 2.74 bits per heavy atom. The molecule has 10 heteroatoms. The van der Waals surface area contributed by atoms with E-state index in [2.05, 4.69) is 5.32 Å². The first kappa shape index (κ1) is 20.6. The van der Waals surface area contributed by atoms with Crippen LogP contribution in [0.25, 0.3) is 6.08 Å². The molecule has 2 aliphatic heterocycles. The molecule has 0 unspecified atom stereocenters. The minimum absolute atomic E-state index is 0.119. The Bertz CT molecular complexity index is 1100. The molecule has 3 amide bonds. The van der Waals surface area contributed by atoms with Crippen molar-refractivity contribution in [2.75, 3.05) is 32.9 Å². The van der Waals surface area contributed by atoms with E-state index in [0.717, 1.165) is 16.7 Å². The molecule has 9 nitrogen and oxygen atoms in total. The maximum Gasteiger partial charge on any atom is 0.294 e. The van der Waals surface area contributed by atoms with Crippen LogP contribution < -0.4 is 24.3 Å². The Balaban J connectivity index is 1.47. The van der Waals surface area contributed by atoms with Crippen LogP contribution in [0.5, 0.6) is 23.0 Å². The molecule has 4 rings (SSSR count). The van der Waals surface area contributed by atoms with Crippen molar-refractivity contribution in [3.63, 3.8) is 0 Å². The summed E-state index contributed by atoms with van der Waals surface area (Å²) < 4.78 is 21.1. The van der Waals surface area contributed by atoms with Crippen molar-refractivity contribution in [1.82, 2.24) is 4.90 Å². The van der Waals surface area contributed by atoms with Gasteiger partial charge in [0.05, 0.1) is 19.1 Å². The van der Waals surface area contributed by atoms with Crippen LogP contribution in [0, 0.1) is 0 Å². The number of fused-ring (bicyclic) bond motifs is 1. The highest BCUT2D eigenvalue weighted by Gasteiger charge is 2.36. The van der Waals surface area contributed by atoms with Crippen molar-refractivity contribution in [3.8, 4) is 23.0 Å². The van der Waals surface area contributed by atoms with Gasteiger partial charge >= 0.3 is 0 Å². The molecular weight excluding hydrogens is 424 g/mol. The third kappa shape index (κ3) is 4.15. The lowest BCUT2D eigenvalue weighted by Gasteiger charge is -2.13. The predicted octanol–water partition coefficient (Wildman–Crippen LogP) is 3.11. The number of para-hydroxylation sites is 1. The van der Waals surface area contributed by atoms with E-state index in [1.807, 2.05) is 0 Å². The molecule has 1 N–H and O–H groups in total. The van der Waals surface area contributed by atoms with Gasteiger partial charge in [0.15, 0.2) is 23.0 Å². The van der Waals surface area contributed by atoms with E-state index in [1.54, 1.807) is 42.5 Å². The Morgan fingerprint density at radius 2 is 1.97 bits per heavy atom. The standard InChI is InChI=1S/C21H18N2O7S/c1-27-15-5-3-4-12(19(15)28-2)8-17-20(25)23(21(26)31-17)10-18(24)22-13-6-7-14-16(9-13)30-11-29-14/h3-9H,10-11H2,1-2H3,(H,22,24)/b17-8+. The van der Waals surface area contributed by atoms with Crippen molar-refractivity contribution in [3.05, 3.63) is 46.9 Å². The molecule has 2 aromatic rings. The molecule has 2 aliphatic rings. The third-order valence-electron chi connectivity index (χ3n) is 4.55. The average molecular weight is 442 g/mol. The zero-order chi connectivity index (χ0) is 22.0. The molecule has 31 heavy (non-hydrogen) atoms. The van der Waals surface area contributed by atoms with E-state index in [1.165, 1.54) is 14.2 Å². The maximum absolute atomic E-state index is 12.7. The van der Waals surface area contributed by atoms with Gasteiger partial charge in [-0.15, -0.1) is 0 Å². The number of anilines is 1. The summed E-state index contributed by atoms with van der Waals surface area (Å²) in [6.45, 7) is -0.292. The van der Waals surface area contributed by atoms with E-state index >= 15 is 0 Å². The summed E-state index contributed by atoms with van der Waals surface area (Å²) in [5.74, 6) is 0.971. The Hall–Kier alpha value is -3.66. The van der Waals surface area contributed by atoms with Crippen LogP contribution in [0.3, 0.4) is 0 Å². The van der Waals surface area contributed by atoms with Gasteiger partial charge < -0.3 is 24.3 Å². The van der Waals surface area contributed by atoms with Gasteiger partial charge in [-0.05, 0) is 36.0 Å². The second-order valence-electron chi connectivity index (χ2n) is 6.47. The van der Waals surface area contributed by atoms with Crippen LogP contribution in [-0.4, -0.2) is 49.5 Å². The summed E-state index contributed by atoms with van der Waals surface area (Å²) in [6, 6.07) is 10.1. The van der Waals surface area contributed by atoms with E-state index < -0.39 is 23.6 Å². The van der Waals surface area contributed by atoms with Crippen LogP contribution in [-0.2, 0) is 9.59 Å². The number of benzene rings is 2. The van der Waals surface area contributed by atoms with E-state index in [9.17, 15) is 14.4 Å². The summed E-state index contributed by atoms with van der Waals surface area (Å²) in [4.78, 5) is 38.6. The minimum Gasteiger partial charge on any atom is -0.493 e. The lowest BCUT2D eigenvalue weighted by molar-refractivity contribution is -0.127. The second kappa shape index (κ2) is 8.60. The second-order valence-corrected chi connectivity index (χ2v) is 7.46. The maximum atomic E-state index is 12.7. The summed E-state index contributed by atoms with van der Waals surface area (Å²) in [7, 11) is 3.00. The number of thioether (sulfide) groups is 1. The molecule has 0 radical (unpaired) electrons. The number of methoxy groups -OCH3 is 2. The highest BCUT2D eigenvalue weighted by molar-refractivity contribution is 8.18. The molecule has 1 saturated heterocycles. The average Bonchev–Trinajstić information content (AvgIpc) is 3.33. The van der Waals surface area contributed by atoms with Gasteiger partial charge in [0, 0.05) is 17.3 Å². The van der Waals surface area contributed by atoms with Crippen molar-refractivity contribution < 1.29 is 33.3 Å². The van der Waals surface area contributed by atoms with Crippen LogP contribution in [0.1, 0.15) is 5.56 Å². The van der Waals surface area contributed by atoms with Gasteiger partial charge in [-0.2, -0.15) is 0 Å². The topological polar surface area (TPSA) is 103 Å².